The Hall–Kier alpha value is -3.26. The lowest BCUT2D eigenvalue weighted by Gasteiger charge is -2.30. The van der Waals surface area contributed by atoms with Gasteiger partial charge in [-0.05, 0) is 30.3 Å². The first-order chi connectivity index (χ1) is 14.5. The predicted octanol–water partition coefficient (Wildman–Crippen LogP) is 2.43. The molecule has 8 heteroatoms. The molecule has 1 heterocycles. The minimum atomic E-state index is -0.205. The van der Waals surface area contributed by atoms with Crippen LogP contribution in [0, 0.1) is 0 Å². The predicted molar refractivity (Wildman–Crippen MR) is 114 cm³/mol. The first-order valence-electron chi connectivity index (χ1n) is 9.75. The minimum absolute atomic E-state index is 0.160. The van der Waals surface area contributed by atoms with Gasteiger partial charge in [-0.25, -0.2) is 0 Å². The van der Waals surface area contributed by atoms with Crippen molar-refractivity contribution >= 4 is 23.2 Å². The summed E-state index contributed by atoms with van der Waals surface area (Å²) >= 11 is 0. The van der Waals surface area contributed by atoms with E-state index in [0.29, 0.717) is 55.6 Å². The first-order valence-corrected chi connectivity index (χ1v) is 9.75. The Balaban J connectivity index is 1.81. The summed E-state index contributed by atoms with van der Waals surface area (Å²) in [5.41, 5.74) is 2.80. The number of carbonyl (C=O) groups excluding carboxylic acids is 2. The normalized spacial score (nSPS) is 13.5. The zero-order valence-electron chi connectivity index (χ0n) is 17.5. The van der Waals surface area contributed by atoms with Crippen LogP contribution in [0.25, 0.3) is 0 Å². The van der Waals surface area contributed by atoms with Gasteiger partial charge in [0.15, 0.2) is 0 Å². The number of amides is 2. The lowest BCUT2D eigenvalue weighted by Crippen LogP contribution is -2.38. The minimum Gasteiger partial charge on any atom is -0.497 e. The first kappa shape index (κ1) is 21.4. The second-order valence-corrected chi connectivity index (χ2v) is 6.87. The number of anilines is 2. The van der Waals surface area contributed by atoms with E-state index < -0.39 is 0 Å². The fourth-order valence-corrected chi connectivity index (χ4v) is 3.34. The van der Waals surface area contributed by atoms with Gasteiger partial charge >= 0.3 is 0 Å². The maximum absolute atomic E-state index is 13.0. The molecule has 1 aliphatic rings. The Labute approximate surface area is 176 Å². The quantitative estimate of drug-likeness (QED) is 0.725. The molecule has 2 aromatic rings. The van der Waals surface area contributed by atoms with Crippen LogP contribution >= 0.6 is 0 Å². The van der Waals surface area contributed by atoms with Gasteiger partial charge in [-0.1, -0.05) is 0 Å². The van der Waals surface area contributed by atoms with Crippen LogP contribution in [0.4, 0.5) is 11.4 Å². The zero-order valence-corrected chi connectivity index (χ0v) is 17.5. The van der Waals surface area contributed by atoms with Crippen molar-refractivity contribution in [3.8, 4) is 11.5 Å². The van der Waals surface area contributed by atoms with E-state index in [-0.39, 0.29) is 11.8 Å². The highest BCUT2D eigenvalue weighted by Gasteiger charge is 2.20. The fraction of sp³-hybridized carbons (Fsp3) is 0.364. The van der Waals surface area contributed by atoms with Crippen LogP contribution in [0.5, 0.6) is 11.5 Å². The van der Waals surface area contributed by atoms with Crippen LogP contribution < -0.4 is 25.0 Å². The third-order valence-electron chi connectivity index (χ3n) is 4.85. The summed E-state index contributed by atoms with van der Waals surface area (Å²) in [5, 5.41) is 5.74. The molecule has 0 atom stereocenters. The highest BCUT2D eigenvalue weighted by molar-refractivity contribution is 6.01. The van der Waals surface area contributed by atoms with E-state index in [1.807, 2.05) is 18.2 Å². The highest BCUT2D eigenvalue weighted by atomic mass is 16.5. The molecule has 160 valence electrons. The molecule has 30 heavy (non-hydrogen) atoms. The molecular weight excluding hydrogens is 386 g/mol. The van der Waals surface area contributed by atoms with Crippen molar-refractivity contribution in [2.24, 2.45) is 0 Å². The van der Waals surface area contributed by atoms with Gasteiger partial charge < -0.3 is 29.7 Å². The molecule has 0 saturated carbocycles. The van der Waals surface area contributed by atoms with E-state index in [2.05, 4.69) is 15.5 Å². The van der Waals surface area contributed by atoms with Gasteiger partial charge in [0, 0.05) is 43.9 Å². The molecule has 0 aliphatic carbocycles. The van der Waals surface area contributed by atoms with E-state index in [0.717, 1.165) is 11.3 Å². The number of hydrogen-bond donors (Lipinski definition) is 2. The van der Waals surface area contributed by atoms with Crippen molar-refractivity contribution in [3.63, 3.8) is 0 Å². The summed E-state index contributed by atoms with van der Waals surface area (Å²) in [5.74, 6) is 0.963. The van der Waals surface area contributed by atoms with Gasteiger partial charge in [-0.2, -0.15) is 0 Å². The third-order valence-corrected chi connectivity index (χ3v) is 4.85. The van der Waals surface area contributed by atoms with Crippen LogP contribution in [-0.2, 0) is 16.1 Å². The fourth-order valence-electron chi connectivity index (χ4n) is 3.34. The summed E-state index contributed by atoms with van der Waals surface area (Å²) in [6.07, 6.45) is 0. The van der Waals surface area contributed by atoms with Gasteiger partial charge in [0.25, 0.3) is 5.91 Å². The van der Waals surface area contributed by atoms with E-state index in [4.69, 9.17) is 14.2 Å². The molecule has 0 bridgehead atoms. The summed E-state index contributed by atoms with van der Waals surface area (Å²) in [6.45, 7) is 4.30. The number of benzene rings is 2. The topological polar surface area (TPSA) is 89.1 Å². The summed E-state index contributed by atoms with van der Waals surface area (Å²) < 4.78 is 16.0. The average Bonchev–Trinajstić information content (AvgIpc) is 2.77. The van der Waals surface area contributed by atoms with Crippen molar-refractivity contribution in [1.82, 2.24) is 5.32 Å². The molecule has 2 amide bonds. The maximum Gasteiger partial charge on any atom is 0.253 e. The Morgan fingerprint density at radius 1 is 1.07 bits per heavy atom. The third kappa shape index (κ3) is 5.21. The van der Waals surface area contributed by atoms with Crippen LogP contribution in [0.3, 0.4) is 0 Å². The number of morpholine rings is 1. The second-order valence-electron chi connectivity index (χ2n) is 6.87. The molecule has 1 aliphatic heterocycles. The summed E-state index contributed by atoms with van der Waals surface area (Å²) in [4.78, 5) is 26.6. The summed E-state index contributed by atoms with van der Waals surface area (Å²) in [7, 11) is 3.17. The number of nitrogens with one attached hydrogen (secondary N) is 2. The van der Waals surface area contributed by atoms with Gasteiger partial charge in [-0.15, -0.1) is 0 Å². The Morgan fingerprint density at radius 3 is 2.50 bits per heavy atom. The van der Waals surface area contributed by atoms with Gasteiger partial charge in [0.05, 0.1) is 38.7 Å². The second kappa shape index (κ2) is 9.98. The zero-order chi connectivity index (χ0) is 21.5. The molecule has 0 spiro atoms. The van der Waals surface area contributed by atoms with Crippen LogP contribution in [0.2, 0.25) is 0 Å². The summed E-state index contributed by atoms with van der Waals surface area (Å²) in [6, 6.07) is 10.8. The smallest absolute Gasteiger partial charge is 0.253 e. The lowest BCUT2D eigenvalue weighted by molar-refractivity contribution is -0.114. The van der Waals surface area contributed by atoms with E-state index in [1.165, 1.54) is 6.92 Å². The average molecular weight is 413 g/mol. The number of carbonyl (C=O) groups is 2. The molecule has 3 rings (SSSR count). The maximum atomic E-state index is 13.0. The van der Waals surface area contributed by atoms with Gasteiger partial charge in [-0.3, -0.25) is 9.59 Å². The van der Waals surface area contributed by atoms with Crippen LogP contribution in [-0.4, -0.2) is 52.3 Å². The number of hydrogen-bond acceptors (Lipinski definition) is 6. The van der Waals surface area contributed by atoms with Crippen molar-refractivity contribution in [2.75, 3.05) is 50.7 Å². The van der Waals surface area contributed by atoms with Crippen LogP contribution in [0.15, 0.2) is 36.4 Å². The molecule has 0 aromatic heterocycles. The highest BCUT2D eigenvalue weighted by Crippen LogP contribution is 2.27. The lowest BCUT2D eigenvalue weighted by atomic mass is 10.1. The number of rotatable bonds is 7. The van der Waals surface area contributed by atoms with E-state index in [1.54, 1.807) is 32.4 Å². The number of methoxy groups -OCH3 is 2. The molecule has 1 fully saturated rings. The number of nitrogens with zero attached hydrogens (tertiary/aromatic N) is 1. The van der Waals surface area contributed by atoms with Gasteiger partial charge in [0.2, 0.25) is 5.91 Å². The Kier molecular flexibility index (Phi) is 7.13. The van der Waals surface area contributed by atoms with E-state index >= 15 is 0 Å². The Bertz CT molecular complexity index is 910. The van der Waals surface area contributed by atoms with Crippen molar-refractivity contribution < 1.29 is 23.8 Å². The molecular formula is C22H27N3O5. The van der Waals surface area contributed by atoms with E-state index in [9.17, 15) is 9.59 Å². The molecule has 2 N–H and O–H groups in total. The van der Waals surface area contributed by atoms with Gasteiger partial charge in [0.1, 0.15) is 11.5 Å². The molecule has 0 unspecified atom stereocenters. The monoisotopic (exact) mass is 413 g/mol. The molecule has 8 nitrogen and oxygen atoms in total. The largest absolute Gasteiger partial charge is 0.497 e. The molecule has 0 radical (unpaired) electrons. The van der Waals surface area contributed by atoms with Crippen molar-refractivity contribution in [2.45, 2.75) is 13.5 Å². The standard InChI is InChI=1S/C22H27N3O5/c1-15(26)24-17-5-7-19(20(12-17)25-8-10-30-11-9-25)22(27)23-14-16-4-6-18(28-2)13-21(16)29-3/h4-7,12-13H,8-11,14H2,1-3H3,(H,23,27)(H,24,26). The molecule has 2 aromatic carbocycles. The SMILES string of the molecule is COc1ccc(CNC(=O)c2ccc(NC(C)=O)cc2N2CCOCC2)c(OC)c1. The van der Waals surface area contributed by atoms with Crippen molar-refractivity contribution in [3.05, 3.63) is 47.5 Å². The molecule has 1 saturated heterocycles. The van der Waals surface area contributed by atoms with Crippen molar-refractivity contribution in [1.29, 1.82) is 0 Å². The Morgan fingerprint density at radius 2 is 1.83 bits per heavy atom. The van der Waals surface area contributed by atoms with Crippen LogP contribution in [0.1, 0.15) is 22.8 Å². The number of ether oxygens (including phenoxy) is 3.